The highest BCUT2D eigenvalue weighted by Crippen LogP contribution is 2.07. The lowest BCUT2D eigenvalue weighted by Gasteiger charge is -2.26. The minimum atomic E-state index is -1.30. The third-order valence-electron chi connectivity index (χ3n) is 4.89. The maximum absolute atomic E-state index is 12.9. The molecule has 0 heterocycles. The zero-order chi connectivity index (χ0) is 25.1. The molecule has 33 heavy (non-hydrogen) atoms. The van der Waals surface area contributed by atoms with E-state index in [0.29, 0.717) is 0 Å². The summed E-state index contributed by atoms with van der Waals surface area (Å²) in [5, 5.41) is 25.1. The van der Waals surface area contributed by atoms with Crippen LogP contribution in [-0.2, 0) is 30.4 Å². The van der Waals surface area contributed by atoms with Crippen molar-refractivity contribution in [1.82, 2.24) is 16.0 Å². The number of carbonyl (C=O) groups is 5. The van der Waals surface area contributed by atoms with Crippen LogP contribution in [0.25, 0.3) is 0 Å². The van der Waals surface area contributed by atoms with Crippen LogP contribution in [0.4, 0.5) is 0 Å². The van der Waals surface area contributed by atoms with E-state index in [1.165, 1.54) is 6.92 Å². The van der Waals surface area contributed by atoms with Crippen molar-refractivity contribution in [2.45, 2.75) is 64.2 Å². The minimum Gasteiger partial charge on any atom is -0.481 e. The van der Waals surface area contributed by atoms with Crippen molar-refractivity contribution in [1.29, 1.82) is 0 Å². The largest absolute Gasteiger partial charge is 0.481 e. The van der Waals surface area contributed by atoms with Gasteiger partial charge in [0.1, 0.15) is 18.1 Å². The molecule has 0 bridgehead atoms. The molecule has 7 N–H and O–H groups in total. The van der Waals surface area contributed by atoms with Gasteiger partial charge in [-0.2, -0.15) is 0 Å². The van der Waals surface area contributed by atoms with E-state index in [4.69, 9.17) is 15.9 Å². The Morgan fingerprint density at radius 1 is 0.879 bits per heavy atom. The lowest BCUT2D eigenvalue weighted by atomic mass is 10.0. The number of rotatable bonds is 13. The van der Waals surface area contributed by atoms with Crippen molar-refractivity contribution >= 4 is 29.7 Å². The normalized spacial score (nSPS) is 14.5. The number of nitrogens with one attached hydrogen (secondary N) is 3. The number of carbonyl (C=O) groups excluding carboxylic acids is 3. The summed E-state index contributed by atoms with van der Waals surface area (Å²) in [4.78, 5) is 59.8. The van der Waals surface area contributed by atoms with Crippen LogP contribution in [0.1, 0.15) is 39.2 Å². The lowest BCUT2D eigenvalue weighted by Crippen LogP contribution is -2.58. The van der Waals surface area contributed by atoms with E-state index in [-0.39, 0.29) is 18.8 Å². The van der Waals surface area contributed by atoms with Crippen molar-refractivity contribution in [3.63, 3.8) is 0 Å². The lowest BCUT2D eigenvalue weighted by molar-refractivity contribution is -0.142. The Morgan fingerprint density at radius 3 is 2.00 bits per heavy atom. The van der Waals surface area contributed by atoms with Gasteiger partial charge in [0.15, 0.2) is 0 Å². The molecule has 0 fully saturated rings. The van der Waals surface area contributed by atoms with Crippen molar-refractivity contribution < 1.29 is 34.2 Å². The highest BCUT2D eigenvalue weighted by Gasteiger charge is 2.31. The molecule has 0 aromatic heterocycles. The average Bonchev–Trinajstić information content (AvgIpc) is 2.74. The third-order valence-corrected chi connectivity index (χ3v) is 4.89. The highest BCUT2D eigenvalue weighted by molar-refractivity contribution is 5.94. The summed E-state index contributed by atoms with van der Waals surface area (Å²) in [6.45, 7) is 4.61. The molecule has 0 aliphatic rings. The van der Waals surface area contributed by atoms with Crippen molar-refractivity contribution in [2.24, 2.45) is 11.7 Å². The summed E-state index contributed by atoms with van der Waals surface area (Å²) in [5.41, 5.74) is 6.83. The van der Waals surface area contributed by atoms with Crippen LogP contribution in [0.3, 0.4) is 0 Å². The van der Waals surface area contributed by atoms with Crippen molar-refractivity contribution in [2.75, 3.05) is 0 Å². The van der Waals surface area contributed by atoms with E-state index in [9.17, 15) is 24.0 Å². The molecule has 1 rings (SSSR count). The number of hydrogen-bond donors (Lipinski definition) is 6. The van der Waals surface area contributed by atoms with Crippen LogP contribution in [-0.4, -0.2) is 64.0 Å². The number of aliphatic carboxylic acids is 2. The Balaban J connectivity index is 2.88. The number of benzene rings is 1. The number of carboxylic acids is 2. The van der Waals surface area contributed by atoms with Gasteiger partial charge in [0.05, 0.1) is 6.04 Å². The summed E-state index contributed by atoms with van der Waals surface area (Å²) in [7, 11) is 0. The van der Waals surface area contributed by atoms with Gasteiger partial charge < -0.3 is 31.9 Å². The number of amides is 3. The standard InChI is InChI=1S/C22H32N4O7/c1-12(2)18(26-19(29)15(23)11-14-7-5-4-6-8-14)21(31)25-16(9-10-17(27)28)20(30)24-13(3)22(32)33/h4-8,12-13,15-16,18H,9-11,23H2,1-3H3,(H,24,30)(H,25,31)(H,26,29)(H,27,28)(H,32,33). The molecule has 0 spiro atoms. The molecular formula is C22H32N4O7. The fraction of sp³-hybridized carbons (Fsp3) is 0.500. The van der Waals surface area contributed by atoms with E-state index < -0.39 is 60.2 Å². The molecule has 4 atom stereocenters. The maximum Gasteiger partial charge on any atom is 0.325 e. The molecule has 0 saturated carbocycles. The number of nitrogens with two attached hydrogens (primary N) is 1. The predicted molar refractivity (Wildman–Crippen MR) is 119 cm³/mol. The molecule has 3 amide bonds. The molecule has 0 aliphatic carbocycles. The molecule has 11 nitrogen and oxygen atoms in total. The molecule has 1 aromatic carbocycles. The van der Waals surface area contributed by atoms with Crippen LogP contribution in [0.5, 0.6) is 0 Å². The molecule has 182 valence electrons. The zero-order valence-electron chi connectivity index (χ0n) is 18.9. The molecule has 0 aliphatic heterocycles. The molecule has 0 saturated heterocycles. The third kappa shape index (κ3) is 9.69. The Bertz CT molecular complexity index is 844. The van der Waals surface area contributed by atoms with Gasteiger partial charge in [-0.25, -0.2) is 0 Å². The van der Waals surface area contributed by atoms with Crippen LogP contribution in [0.15, 0.2) is 30.3 Å². The van der Waals surface area contributed by atoms with Gasteiger partial charge >= 0.3 is 11.9 Å². The van der Waals surface area contributed by atoms with Gasteiger partial charge in [0, 0.05) is 6.42 Å². The SMILES string of the molecule is CC(NC(=O)C(CCC(=O)O)NC(=O)C(NC(=O)C(N)Cc1ccccc1)C(C)C)C(=O)O. The van der Waals surface area contributed by atoms with Gasteiger partial charge in [-0.1, -0.05) is 44.2 Å². The fourth-order valence-electron chi connectivity index (χ4n) is 2.93. The quantitative estimate of drug-likeness (QED) is 0.228. The second kappa shape index (κ2) is 13.2. The second-order valence-electron chi connectivity index (χ2n) is 8.09. The van der Waals surface area contributed by atoms with Crippen molar-refractivity contribution in [3.8, 4) is 0 Å². The Morgan fingerprint density at radius 2 is 1.48 bits per heavy atom. The monoisotopic (exact) mass is 464 g/mol. The zero-order valence-corrected chi connectivity index (χ0v) is 18.9. The summed E-state index contributed by atoms with van der Waals surface area (Å²) < 4.78 is 0. The first-order chi connectivity index (χ1) is 15.4. The van der Waals surface area contributed by atoms with Crippen LogP contribution < -0.4 is 21.7 Å². The van der Waals surface area contributed by atoms with Crippen molar-refractivity contribution in [3.05, 3.63) is 35.9 Å². The van der Waals surface area contributed by atoms with Gasteiger partial charge in [-0.05, 0) is 31.2 Å². The molecule has 0 radical (unpaired) electrons. The molecular weight excluding hydrogens is 432 g/mol. The second-order valence-corrected chi connectivity index (χ2v) is 8.09. The maximum atomic E-state index is 12.9. The number of carboxylic acid groups (broad SMARTS) is 2. The van der Waals surface area contributed by atoms with Crippen LogP contribution in [0, 0.1) is 5.92 Å². The van der Waals surface area contributed by atoms with E-state index in [0.717, 1.165) is 5.56 Å². The van der Waals surface area contributed by atoms with Gasteiger partial charge in [-0.3, -0.25) is 24.0 Å². The molecule has 4 unspecified atom stereocenters. The molecule has 11 heteroatoms. The summed E-state index contributed by atoms with van der Waals surface area (Å²) in [6.07, 6.45) is -0.429. The first kappa shape index (κ1) is 27.6. The first-order valence-corrected chi connectivity index (χ1v) is 10.6. The van der Waals surface area contributed by atoms with Gasteiger partial charge in [-0.15, -0.1) is 0 Å². The topological polar surface area (TPSA) is 188 Å². The minimum absolute atomic E-state index is 0.258. The van der Waals surface area contributed by atoms with E-state index in [2.05, 4.69) is 16.0 Å². The van der Waals surface area contributed by atoms with E-state index in [1.54, 1.807) is 13.8 Å². The van der Waals surface area contributed by atoms with Gasteiger partial charge in [0.2, 0.25) is 17.7 Å². The Labute approximate surface area is 192 Å². The summed E-state index contributed by atoms with van der Waals surface area (Å²) >= 11 is 0. The summed E-state index contributed by atoms with van der Waals surface area (Å²) in [6, 6.07) is 4.62. The van der Waals surface area contributed by atoms with Gasteiger partial charge in [0.25, 0.3) is 0 Å². The Hall–Kier alpha value is -3.47. The van der Waals surface area contributed by atoms with Crippen LogP contribution in [0.2, 0.25) is 0 Å². The van der Waals surface area contributed by atoms with E-state index >= 15 is 0 Å². The average molecular weight is 465 g/mol. The highest BCUT2D eigenvalue weighted by atomic mass is 16.4. The number of hydrogen-bond acceptors (Lipinski definition) is 6. The Kier molecular flexibility index (Phi) is 11.0. The fourth-order valence-corrected chi connectivity index (χ4v) is 2.93. The van der Waals surface area contributed by atoms with E-state index in [1.807, 2.05) is 30.3 Å². The molecule has 1 aromatic rings. The first-order valence-electron chi connectivity index (χ1n) is 10.6. The smallest absolute Gasteiger partial charge is 0.325 e. The van der Waals surface area contributed by atoms with Crippen LogP contribution >= 0.6 is 0 Å². The predicted octanol–water partition coefficient (Wildman–Crippen LogP) is -0.364. The summed E-state index contributed by atoms with van der Waals surface area (Å²) in [5.74, 6) is -4.95.